The van der Waals surface area contributed by atoms with E-state index >= 15 is 0 Å². The van der Waals surface area contributed by atoms with Crippen molar-refractivity contribution in [3.63, 3.8) is 0 Å². The normalized spacial score (nSPS) is 30.7. The van der Waals surface area contributed by atoms with Gasteiger partial charge in [-0.05, 0) is 25.2 Å². The van der Waals surface area contributed by atoms with Crippen LogP contribution >= 0.6 is 0 Å². The van der Waals surface area contributed by atoms with Crippen LogP contribution in [-0.4, -0.2) is 29.4 Å². The summed E-state index contributed by atoms with van der Waals surface area (Å²) < 4.78 is 0. The topological polar surface area (TPSA) is 49.4 Å². The minimum Gasteiger partial charge on any atom is -0.335 e. The van der Waals surface area contributed by atoms with Crippen molar-refractivity contribution in [3.05, 3.63) is 0 Å². The van der Waals surface area contributed by atoms with Gasteiger partial charge in [0, 0.05) is 6.54 Å². The summed E-state index contributed by atoms with van der Waals surface area (Å²) in [5.41, 5.74) is 0. The van der Waals surface area contributed by atoms with Crippen LogP contribution in [0.4, 0.5) is 0 Å². The molecule has 2 aliphatic heterocycles. The first-order chi connectivity index (χ1) is 7.09. The largest absolute Gasteiger partial charge is 0.335 e. The van der Waals surface area contributed by atoms with Crippen molar-refractivity contribution in [3.8, 4) is 0 Å². The van der Waals surface area contributed by atoms with Crippen molar-refractivity contribution < 1.29 is 9.59 Å². The maximum absolute atomic E-state index is 12.0. The first-order valence-corrected chi connectivity index (χ1v) is 5.70. The summed E-state index contributed by atoms with van der Waals surface area (Å²) in [6, 6.07) is 0. The van der Waals surface area contributed by atoms with Crippen molar-refractivity contribution in [1.29, 1.82) is 0 Å². The van der Waals surface area contributed by atoms with Crippen LogP contribution in [0, 0.1) is 11.8 Å². The Labute approximate surface area is 90.0 Å². The van der Waals surface area contributed by atoms with Gasteiger partial charge in [-0.1, -0.05) is 13.8 Å². The van der Waals surface area contributed by atoms with E-state index in [4.69, 9.17) is 0 Å². The summed E-state index contributed by atoms with van der Waals surface area (Å²) in [6.07, 6.45) is 2.55. The summed E-state index contributed by atoms with van der Waals surface area (Å²) >= 11 is 0. The van der Waals surface area contributed by atoms with Crippen molar-refractivity contribution in [2.75, 3.05) is 6.54 Å². The van der Waals surface area contributed by atoms with Gasteiger partial charge < -0.3 is 10.2 Å². The zero-order valence-corrected chi connectivity index (χ0v) is 9.32. The lowest BCUT2D eigenvalue weighted by molar-refractivity contribution is -0.150. The highest BCUT2D eigenvalue weighted by Crippen LogP contribution is 2.25. The quantitative estimate of drug-likeness (QED) is 0.683. The number of nitrogens with one attached hydrogen (secondary N) is 1. The predicted octanol–water partition coefficient (Wildman–Crippen LogP) is 0.727. The third kappa shape index (κ3) is 1.85. The van der Waals surface area contributed by atoms with E-state index in [0.717, 1.165) is 19.4 Å². The Balaban J connectivity index is 2.11. The summed E-state index contributed by atoms with van der Waals surface area (Å²) in [7, 11) is 0. The van der Waals surface area contributed by atoms with Gasteiger partial charge in [0.05, 0.1) is 0 Å². The van der Waals surface area contributed by atoms with Gasteiger partial charge in [-0.2, -0.15) is 0 Å². The fourth-order valence-corrected chi connectivity index (χ4v) is 2.44. The number of amides is 2. The van der Waals surface area contributed by atoms with E-state index in [9.17, 15) is 9.59 Å². The van der Waals surface area contributed by atoms with Gasteiger partial charge in [0.2, 0.25) is 11.8 Å². The van der Waals surface area contributed by atoms with Crippen LogP contribution in [0.1, 0.15) is 33.1 Å². The molecule has 1 N–H and O–H groups in total. The summed E-state index contributed by atoms with van der Waals surface area (Å²) in [6.45, 7) is 4.88. The van der Waals surface area contributed by atoms with E-state index in [1.54, 1.807) is 0 Å². The van der Waals surface area contributed by atoms with Crippen LogP contribution in [0.5, 0.6) is 0 Å². The Morgan fingerprint density at radius 2 is 2.20 bits per heavy atom. The molecule has 0 aromatic rings. The van der Waals surface area contributed by atoms with Crippen LogP contribution in [0.3, 0.4) is 0 Å². The summed E-state index contributed by atoms with van der Waals surface area (Å²) in [5.74, 6) is -0.102. The highest BCUT2D eigenvalue weighted by atomic mass is 16.2. The second-order valence-electron chi connectivity index (χ2n) is 4.88. The Bertz CT molecular complexity index is 288. The Hall–Kier alpha value is -1.06. The average Bonchev–Trinajstić information content (AvgIpc) is 2.59. The molecular formula is C11H18N2O2. The third-order valence-corrected chi connectivity index (χ3v) is 3.17. The molecule has 0 aromatic carbocycles. The van der Waals surface area contributed by atoms with Gasteiger partial charge in [-0.3, -0.25) is 9.59 Å². The minimum absolute atomic E-state index is 0.0200. The van der Waals surface area contributed by atoms with Crippen LogP contribution in [0.15, 0.2) is 0 Å². The molecule has 4 heteroatoms. The summed E-state index contributed by atoms with van der Waals surface area (Å²) in [4.78, 5) is 25.6. The molecule has 84 valence electrons. The van der Waals surface area contributed by atoms with E-state index in [-0.39, 0.29) is 18.0 Å². The van der Waals surface area contributed by atoms with E-state index in [2.05, 4.69) is 5.32 Å². The van der Waals surface area contributed by atoms with Gasteiger partial charge in [0.25, 0.3) is 0 Å². The molecule has 4 nitrogen and oxygen atoms in total. The van der Waals surface area contributed by atoms with Crippen LogP contribution in [-0.2, 0) is 9.59 Å². The monoisotopic (exact) mass is 210 g/mol. The predicted molar refractivity (Wildman–Crippen MR) is 55.8 cm³/mol. The molecule has 2 atom stereocenters. The van der Waals surface area contributed by atoms with E-state index < -0.39 is 5.92 Å². The molecule has 2 saturated heterocycles. The van der Waals surface area contributed by atoms with Crippen LogP contribution in [0.2, 0.25) is 0 Å². The molecule has 0 aliphatic carbocycles. The number of fused-ring (bicyclic) bond motifs is 1. The molecule has 0 radical (unpaired) electrons. The molecule has 2 amide bonds. The standard InChI is InChI=1S/C11H18N2O2/c1-7(2)6-8-10(14)12-9-4-3-5-13(9)11(8)15/h7-9H,3-6H2,1-2H3,(H,12,14). The highest BCUT2D eigenvalue weighted by Gasteiger charge is 2.42. The number of rotatable bonds is 2. The van der Waals surface area contributed by atoms with Crippen LogP contribution in [0.25, 0.3) is 0 Å². The van der Waals surface area contributed by atoms with Gasteiger partial charge >= 0.3 is 0 Å². The molecule has 2 fully saturated rings. The average molecular weight is 210 g/mol. The first kappa shape index (κ1) is 10.5. The van der Waals surface area contributed by atoms with Gasteiger partial charge in [0.1, 0.15) is 12.1 Å². The lowest BCUT2D eigenvalue weighted by Crippen LogP contribution is -2.58. The number of hydrogen-bond acceptors (Lipinski definition) is 2. The van der Waals surface area contributed by atoms with E-state index in [1.165, 1.54) is 0 Å². The maximum atomic E-state index is 12.0. The molecule has 0 saturated carbocycles. The Kier molecular flexibility index (Phi) is 2.67. The summed E-state index contributed by atoms with van der Waals surface area (Å²) in [5, 5.41) is 2.93. The number of nitrogens with zero attached hydrogens (tertiary/aromatic N) is 1. The number of carbonyl (C=O) groups excluding carboxylic acids is 2. The molecular weight excluding hydrogens is 192 g/mol. The van der Waals surface area contributed by atoms with Gasteiger partial charge in [0.15, 0.2) is 0 Å². The first-order valence-electron chi connectivity index (χ1n) is 5.70. The van der Waals surface area contributed by atoms with Gasteiger partial charge in [-0.25, -0.2) is 0 Å². The lowest BCUT2D eigenvalue weighted by atomic mass is 9.93. The maximum Gasteiger partial charge on any atom is 0.236 e. The number of hydrogen-bond donors (Lipinski definition) is 1. The van der Waals surface area contributed by atoms with Gasteiger partial charge in [-0.15, -0.1) is 0 Å². The van der Waals surface area contributed by atoms with Crippen LogP contribution < -0.4 is 5.32 Å². The third-order valence-electron chi connectivity index (χ3n) is 3.17. The highest BCUT2D eigenvalue weighted by molar-refractivity contribution is 6.02. The molecule has 2 unspecified atom stereocenters. The van der Waals surface area contributed by atoms with Crippen molar-refractivity contribution in [2.45, 2.75) is 39.3 Å². The lowest BCUT2D eigenvalue weighted by Gasteiger charge is -2.35. The second kappa shape index (κ2) is 3.83. The molecule has 0 aromatic heterocycles. The smallest absolute Gasteiger partial charge is 0.236 e. The van der Waals surface area contributed by atoms with E-state index in [1.807, 2.05) is 18.7 Å². The Morgan fingerprint density at radius 1 is 1.47 bits per heavy atom. The second-order valence-corrected chi connectivity index (χ2v) is 4.88. The zero-order valence-electron chi connectivity index (χ0n) is 9.32. The van der Waals surface area contributed by atoms with Crippen molar-refractivity contribution in [1.82, 2.24) is 10.2 Å². The van der Waals surface area contributed by atoms with Crippen molar-refractivity contribution >= 4 is 11.8 Å². The SMILES string of the molecule is CC(C)CC1C(=O)NC2CCCN2C1=O. The molecule has 0 bridgehead atoms. The molecule has 2 heterocycles. The zero-order chi connectivity index (χ0) is 11.0. The molecule has 0 spiro atoms. The fourth-order valence-electron chi connectivity index (χ4n) is 2.44. The molecule has 2 rings (SSSR count). The molecule has 15 heavy (non-hydrogen) atoms. The fraction of sp³-hybridized carbons (Fsp3) is 0.818. The van der Waals surface area contributed by atoms with Crippen molar-refractivity contribution in [2.24, 2.45) is 11.8 Å². The van der Waals surface area contributed by atoms with E-state index in [0.29, 0.717) is 12.3 Å². The molecule has 2 aliphatic rings. The Morgan fingerprint density at radius 3 is 2.87 bits per heavy atom. The number of carbonyl (C=O) groups is 2. The minimum atomic E-state index is -0.445.